The van der Waals surface area contributed by atoms with Gasteiger partial charge in [0.1, 0.15) is 17.1 Å². The van der Waals surface area contributed by atoms with Gasteiger partial charge in [0, 0.05) is 31.6 Å². The summed E-state index contributed by atoms with van der Waals surface area (Å²) >= 11 is 0. The molecule has 4 rings (SSSR count). The minimum Gasteiger partial charge on any atom is -0.497 e. The molecule has 1 spiro atoms. The van der Waals surface area contributed by atoms with Gasteiger partial charge in [0.2, 0.25) is 0 Å². The zero-order chi connectivity index (χ0) is 18.9. The van der Waals surface area contributed by atoms with Gasteiger partial charge in [-0.3, -0.25) is 0 Å². The lowest BCUT2D eigenvalue weighted by atomic mass is 9.81. The number of methoxy groups -OCH3 is 1. The average molecular weight is 369 g/mol. The van der Waals surface area contributed by atoms with Crippen molar-refractivity contribution in [2.45, 2.75) is 37.1 Å². The molecule has 2 heterocycles. The molecule has 144 valence electrons. The first kappa shape index (κ1) is 18.3. The number of rotatable bonds is 4. The van der Waals surface area contributed by atoms with Gasteiger partial charge in [0.05, 0.1) is 19.3 Å². The molecule has 2 aromatic rings. The van der Waals surface area contributed by atoms with Crippen molar-refractivity contribution in [3.05, 3.63) is 59.7 Å². The van der Waals surface area contributed by atoms with Crippen molar-refractivity contribution in [2.24, 2.45) is 0 Å². The van der Waals surface area contributed by atoms with Crippen molar-refractivity contribution >= 4 is 0 Å². The van der Waals surface area contributed by atoms with E-state index in [0.29, 0.717) is 13.0 Å². The molecule has 2 atom stereocenters. The molecular formula is C22H27NO4. The highest BCUT2D eigenvalue weighted by atomic mass is 16.5. The molecule has 5 nitrogen and oxygen atoms in total. The molecule has 2 aliphatic heterocycles. The van der Waals surface area contributed by atoms with Crippen molar-refractivity contribution in [3.63, 3.8) is 0 Å². The number of hydrogen-bond acceptors (Lipinski definition) is 5. The Morgan fingerprint density at radius 2 is 1.93 bits per heavy atom. The van der Waals surface area contributed by atoms with Crippen LogP contribution in [0.5, 0.6) is 11.5 Å². The van der Waals surface area contributed by atoms with Crippen molar-refractivity contribution in [1.82, 2.24) is 4.90 Å². The molecule has 0 unspecified atom stereocenters. The Morgan fingerprint density at radius 1 is 1.19 bits per heavy atom. The topological polar surface area (TPSA) is 62.2 Å². The van der Waals surface area contributed by atoms with E-state index in [9.17, 15) is 10.2 Å². The first-order chi connectivity index (χ1) is 13.1. The fourth-order valence-corrected chi connectivity index (χ4v) is 4.22. The standard InChI is InChI=1S/C22H27NO4/c1-26-17-7-8-21-18(13-17)19(24)14-22(27-21)9-11-23(12-10-22)15-20(25)16-5-3-2-4-6-16/h2-8,13,19-20,24-25H,9-12,14-15H2,1H3/t19-,20-/m1/s1. The number of benzene rings is 2. The molecule has 0 bridgehead atoms. The van der Waals surface area contributed by atoms with E-state index in [-0.39, 0.29) is 5.60 Å². The van der Waals surface area contributed by atoms with Gasteiger partial charge >= 0.3 is 0 Å². The van der Waals surface area contributed by atoms with Gasteiger partial charge in [-0.25, -0.2) is 0 Å². The van der Waals surface area contributed by atoms with Crippen LogP contribution in [0.4, 0.5) is 0 Å². The molecule has 0 saturated carbocycles. The number of hydrogen-bond donors (Lipinski definition) is 2. The number of β-amino-alcohol motifs (C(OH)–C–C–N with tert-alkyl or cyclic N) is 1. The number of fused-ring (bicyclic) bond motifs is 1. The second kappa shape index (κ2) is 7.50. The molecule has 2 aromatic carbocycles. The van der Waals surface area contributed by atoms with E-state index in [1.165, 1.54) is 0 Å². The summed E-state index contributed by atoms with van der Waals surface area (Å²) in [6.07, 6.45) is 1.27. The maximum absolute atomic E-state index is 10.7. The van der Waals surface area contributed by atoms with E-state index in [4.69, 9.17) is 9.47 Å². The van der Waals surface area contributed by atoms with Gasteiger partial charge in [-0.1, -0.05) is 30.3 Å². The zero-order valence-corrected chi connectivity index (χ0v) is 15.7. The predicted octanol–water partition coefficient (Wildman–Crippen LogP) is 3.08. The lowest BCUT2D eigenvalue weighted by Gasteiger charge is -2.46. The Balaban J connectivity index is 1.40. The number of likely N-dealkylation sites (tertiary alicyclic amines) is 1. The number of aliphatic hydroxyl groups is 2. The van der Waals surface area contributed by atoms with Crippen LogP contribution in [-0.4, -0.2) is 47.5 Å². The van der Waals surface area contributed by atoms with Crippen LogP contribution >= 0.6 is 0 Å². The molecule has 0 aliphatic carbocycles. The highest BCUT2D eigenvalue weighted by Crippen LogP contribution is 2.45. The van der Waals surface area contributed by atoms with Gasteiger partial charge < -0.3 is 24.6 Å². The Bertz CT molecular complexity index is 771. The van der Waals surface area contributed by atoms with E-state index in [1.807, 2.05) is 48.5 Å². The van der Waals surface area contributed by atoms with Crippen LogP contribution in [0.2, 0.25) is 0 Å². The van der Waals surface area contributed by atoms with Crippen molar-refractivity contribution in [2.75, 3.05) is 26.7 Å². The van der Waals surface area contributed by atoms with Crippen molar-refractivity contribution < 1.29 is 19.7 Å². The Kier molecular flexibility index (Phi) is 5.08. The van der Waals surface area contributed by atoms with Crippen LogP contribution in [0.25, 0.3) is 0 Å². The lowest BCUT2D eigenvalue weighted by Crippen LogP contribution is -2.51. The summed E-state index contributed by atoms with van der Waals surface area (Å²) in [5.41, 5.74) is 1.43. The molecule has 0 aromatic heterocycles. The van der Waals surface area contributed by atoms with Crippen LogP contribution in [0.1, 0.15) is 42.6 Å². The van der Waals surface area contributed by atoms with Crippen LogP contribution in [0.15, 0.2) is 48.5 Å². The number of nitrogens with zero attached hydrogens (tertiary/aromatic N) is 1. The van der Waals surface area contributed by atoms with Gasteiger partial charge in [-0.2, -0.15) is 0 Å². The third-order valence-electron chi connectivity index (χ3n) is 5.85. The monoisotopic (exact) mass is 369 g/mol. The van der Waals surface area contributed by atoms with Gasteiger partial charge in [-0.15, -0.1) is 0 Å². The summed E-state index contributed by atoms with van der Waals surface area (Å²) in [6.45, 7) is 2.32. The first-order valence-corrected chi connectivity index (χ1v) is 9.59. The third kappa shape index (κ3) is 3.81. The lowest BCUT2D eigenvalue weighted by molar-refractivity contribution is -0.0588. The van der Waals surface area contributed by atoms with Crippen molar-refractivity contribution in [3.8, 4) is 11.5 Å². The zero-order valence-electron chi connectivity index (χ0n) is 15.7. The summed E-state index contributed by atoms with van der Waals surface area (Å²) in [5.74, 6) is 1.49. The normalized spacial score (nSPS) is 22.7. The molecule has 1 saturated heterocycles. The second-order valence-corrected chi connectivity index (χ2v) is 7.64. The summed E-state index contributed by atoms with van der Waals surface area (Å²) in [4.78, 5) is 2.28. The number of aliphatic hydroxyl groups excluding tert-OH is 2. The van der Waals surface area contributed by atoms with E-state index in [0.717, 1.165) is 48.6 Å². The summed E-state index contributed by atoms with van der Waals surface area (Å²) in [7, 11) is 1.62. The largest absolute Gasteiger partial charge is 0.497 e. The van der Waals surface area contributed by atoms with Gasteiger partial charge in [0.15, 0.2) is 0 Å². The molecule has 0 radical (unpaired) electrons. The number of ether oxygens (including phenoxy) is 2. The van der Waals surface area contributed by atoms with E-state index in [1.54, 1.807) is 7.11 Å². The first-order valence-electron chi connectivity index (χ1n) is 9.59. The van der Waals surface area contributed by atoms with Gasteiger partial charge in [0.25, 0.3) is 0 Å². The minimum atomic E-state index is -0.537. The average Bonchev–Trinajstić information content (AvgIpc) is 2.70. The minimum absolute atomic E-state index is 0.324. The van der Waals surface area contributed by atoms with Crippen LogP contribution in [-0.2, 0) is 0 Å². The van der Waals surface area contributed by atoms with E-state index < -0.39 is 12.2 Å². The Labute approximate surface area is 160 Å². The van der Waals surface area contributed by atoms with Crippen LogP contribution in [0, 0.1) is 0 Å². The molecule has 1 fully saturated rings. The summed E-state index contributed by atoms with van der Waals surface area (Å²) in [5, 5.41) is 21.1. The van der Waals surface area contributed by atoms with Gasteiger partial charge in [-0.05, 0) is 36.6 Å². The van der Waals surface area contributed by atoms with E-state index in [2.05, 4.69) is 4.90 Å². The number of piperidine rings is 1. The molecule has 0 amide bonds. The third-order valence-corrected chi connectivity index (χ3v) is 5.85. The quantitative estimate of drug-likeness (QED) is 0.867. The van der Waals surface area contributed by atoms with Crippen LogP contribution < -0.4 is 9.47 Å². The maximum Gasteiger partial charge on any atom is 0.126 e. The molecule has 27 heavy (non-hydrogen) atoms. The smallest absolute Gasteiger partial charge is 0.126 e. The Hall–Kier alpha value is -2.08. The molecule has 5 heteroatoms. The highest BCUT2D eigenvalue weighted by Gasteiger charge is 2.43. The predicted molar refractivity (Wildman–Crippen MR) is 103 cm³/mol. The second-order valence-electron chi connectivity index (χ2n) is 7.64. The Morgan fingerprint density at radius 3 is 2.63 bits per heavy atom. The van der Waals surface area contributed by atoms with Crippen LogP contribution in [0.3, 0.4) is 0 Å². The summed E-state index contributed by atoms with van der Waals surface area (Å²) in [6, 6.07) is 15.4. The maximum atomic E-state index is 10.7. The van der Waals surface area contributed by atoms with Crippen molar-refractivity contribution in [1.29, 1.82) is 0 Å². The fraction of sp³-hybridized carbons (Fsp3) is 0.455. The fourth-order valence-electron chi connectivity index (χ4n) is 4.22. The summed E-state index contributed by atoms with van der Waals surface area (Å²) < 4.78 is 11.6. The SMILES string of the molecule is COc1ccc2c(c1)[C@H](O)CC1(CCN(C[C@@H](O)c3ccccc3)CC1)O2. The molecular weight excluding hydrogens is 342 g/mol. The highest BCUT2D eigenvalue weighted by molar-refractivity contribution is 5.43. The van der Waals surface area contributed by atoms with E-state index >= 15 is 0 Å². The molecule has 2 N–H and O–H groups in total. The molecule has 2 aliphatic rings.